The average molecular weight is 403 g/mol. The summed E-state index contributed by atoms with van der Waals surface area (Å²) in [7, 11) is 1.96. The Balaban J connectivity index is 1.55. The maximum atomic E-state index is 12.5. The van der Waals surface area contributed by atoms with E-state index in [0.29, 0.717) is 18.0 Å². The van der Waals surface area contributed by atoms with Gasteiger partial charge in [0.1, 0.15) is 0 Å². The van der Waals surface area contributed by atoms with Crippen LogP contribution in [0.25, 0.3) is 22.0 Å². The molecule has 1 N–H and O–H groups in total. The predicted octanol–water partition coefficient (Wildman–Crippen LogP) is 5.09. The first-order chi connectivity index (χ1) is 14.1. The molecule has 0 unspecified atom stereocenters. The Morgan fingerprint density at radius 2 is 1.97 bits per heavy atom. The van der Waals surface area contributed by atoms with Crippen molar-refractivity contribution in [1.82, 2.24) is 14.5 Å². The van der Waals surface area contributed by atoms with Gasteiger partial charge in [-0.15, -0.1) is 0 Å². The van der Waals surface area contributed by atoms with Gasteiger partial charge in [-0.2, -0.15) is 0 Å². The molecule has 0 radical (unpaired) electrons. The number of nitrogens with zero attached hydrogens (tertiary/aromatic N) is 3. The monoisotopic (exact) mass is 402 g/mol. The van der Waals surface area contributed by atoms with E-state index in [2.05, 4.69) is 35.4 Å². The Labute approximate surface area is 174 Å². The molecule has 0 fully saturated rings. The van der Waals surface area contributed by atoms with Gasteiger partial charge in [0.25, 0.3) is 0 Å². The highest BCUT2D eigenvalue weighted by Crippen LogP contribution is 2.38. The van der Waals surface area contributed by atoms with E-state index in [9.17, 15) is 4.79 Å². The molecule has 0 aliphatic heterocycles. The van der Waals surface area contributed by atoms with Crippen molar-refractivity contribution in [3.05, 3.63) is 78.1 Å². The largest absolute Gasteiger partial charge is 0.333 e. The lowest BCUT2D eigenvalue weighted by Crippen LogP contribution is -2.12. The van der Waals surface area contributed by atoms with E-state index in [0.717, 1.165) is 27.5 Å². The third kappa shape index (κ3) is 4.43. The molecule has 4 rings (SSSR count). The summed E-state index contributed by atoms with van der Waals surface area (Å²) in [6.45, 7) is 2.06. The molecule has 0 spiro atoms. The molecular formula is C23H22N4OS. The summed E-state index contributed by atoms with van der Waals surface area (Å²) >= 11 is 1.45. The van der Waals surface area contributed by atoms with Crippen molar-refractivity contribution in [1.29, 1.82) is 0 Å². The number of thiazole rings is 1. The van der Waals surface area contributed by atoms with Crippen molar-refractivity contribution in [2.24, 2.45) is 7.05 Å². The van der Waals surface area contributed by atoms with Crippen LogP contribution in [0, 0.1) is 6.92 Å². The predicted molar refractivity (Wildman–Crippen MR) is 118 cm³/mol. The van der Waals surface area contributed by atoms with E-state index in [-0.39, 0.29) is 5.91 Å². The van der Waals surface area contributed by atoms with Gasteiger partial charge in [-0.1, -0.05) is 71.5 Å². The van der Waals surface area contributed by atoms with E-state index in [1.54, 1.807) is 6.20 Å². The normalized spacial score (nSPS) is 10.8. The Bertz CT molecular complexity index is 1130. The number of benzene rings is 2. The molecule has 6 heteroatoms. The highest BCUT2D eigenvalue weighted by atomic mass is 32.1. The fourth-order valence-corrected chi connectivity index (χ4v) is 4.25. The summed E-state index contributed by atoms with van der Waals surface area (Å²) in [6, 6.07) is 18.2. The van der Waals surface area contributed by atoms with Crippen LogP contribution in [0.2, 0.25) is 0 Å². The quantitative estimate of drug-likeness (QED) is 0.489. The van der Waals surface area contributed by atoms with E-state index in [1.807, 2.05) is 54.2 Å². The number of aryl methyl sites for hydroxylation is 3. The van der Waals surface area contributed by atoms with E-state index < -0.39 is 0 Å². The SMILES string of the molecule is Cc1cccc(CCC(=O)Nc2nc(-c3ccccc3)c(-c3nccn3C)s2)c1. The van der Waals surface area contributed by atoms with Crippen LogP contribution in [0.3, 0.4) is 0 Å². The standard InChI is InChI=1S/C23H22N4OS/c1-16-7-6-8-17(15-16)11-12-19(28)25-23-26-20(18-9-4-3-5-10-18)21(29-23)22-24-13-14-27(22)2/h3-10,13-15H,11-12H2,1-2H3,(H,25,26,28). The Morgan fingerprint density at radius 3 is 2.69 bits per heavy atom. The van der Waals surface area contributed by atoms with Crippen molar-refractivity contribution < 1.29 is 4.79 Å². The highest BCUT2D eigenvalue weighted by molar-refractivity contribution is 7.19. The topological polar surface area (TPSA) is 59.8 Å². The molecule has 2 heterocycles. The van der Waals surface area contributed by atoms with Crippen molar-refractivity contribution in [3.63, 3.8) is 0 Å². The number of anilines is 1. The summed E-state index contributed by atoms with van der Waals surface area (Å²) < 4.78 is 1.96. The second kappa shape index (κ2) is 8.41. The van der Waals surface area contributed by atoms with E-state index in [1.165, 1.54) is 16.9 Å². The number of carbonyl (C=O) groups is 1. The molecule has 2 aromatic heterocycles. The van der Waals surface area contributed by atoms with Gasteiger partial charge in [0.15, 0.2) is 11.0 Å². The summed E-state index contributed by atoms with van der Waals surface area (Å²) in [5, 5.41) is 3.56. The summed E-state index contributed by atoms with van der Waals surface area (Å²) in [6.07, 6.45) is 4.80. The first-order valence-corrected chi connectivity index (χ1v) is 10.3. The van der Waals surface area contributed by atoms with Gasteiger partial charge in [-0.3, -0.25) is 4.79 Å². The summed E-state index contributed by atoms with van der Waals surface area (Å²) in [4.78, 5) is 22.6. The average Bonchev–Trinajstić information content (AvgIpc) is 3.33. The second-order valence-corrected chi connectivity index (χ2v) is 7.96. The third-order valence-corrected chi connectivity index (χ3v) is 5.63. The van der Waals surface area contributed by atoms with Crippen molar-refractivity contribution >= 4 is 22.4 Å². The lowest BCUT2D eigenvalue weighted by atomic mass is 10.1. The van der Waals surface area contributed by atoms with Crippen LogP contribution >= 0.6 is 11.3 Å². The molecule has 2 aromatic carbocycles. The molecule has 0 aliphatic rings. The minimum absolute atomic E-state index is 0.0359. The smallest absolute Gasteiger partial charge is 0.226 e. The second-order valence-electron chi connectivity index (χ2n) is 6.96. The molecular weight excluding hydrogens is 380 g/mol. The molecule has 0 atom stereocenters. The highest BCUT2D eigenvalue weighted by Gasteiger charge is 2.19. The van der Waals surface area contributed by atoms with Gasteiger partial charge < -0.3 is 9.88 Å². The molecule has 0 aliphatic carbocycles. The molecule has 0 bridgehead atoms. The zero-order chi connectivity index (χ0) is 20.2. The minimum atomic E-state index is -0.0359. The zero-order valence-electron chi connectivity index (χ0n) is 16.4. The summed E-state index contributed by atoms with van der Waals surface area (Å²) in [5.74, 6) is 0.799. The van der Waals surface area contributed by atoms with Crippen LogP contribution in [-0.2, 0) is 18.3 Å². The Kier molecular flexibility index (Phi) is 5.53. The molecule has 29 heavy (non-hydrogen) atoms. The van der Waals surface area contributed by atoms with E-state index >= 15 is 0 Å². The van der Waals surface area contributed by atoms with Crippen LogP contribution in [0.1, 0.15) is 17.5 Å². The number of hydrogen-bond acceptors (Lipinski definition) is 4. The number of amides is 1. The lowest BCUT2D eigenvalue weighted by Gasteiger charge is -2.03. The van der Waals surface area contributed by atoms with Gasteiger partial charge >= 0.3 is 0 Å². The zero-order valence-corrected chi connectivity index (χ0v) is 17.2. The third-order valence-electron chi connectivity index (χ3n) is 4.67. The van der Waals surface area contributed by atoms with Crippen LogP contribution in [0.4, 0.5) is 5.13 Å². The van der Waals surface area contributed by atoms with Crippen LogP contribution in [0.15, 0.2) is 67.0 Å². The maximum absolute atomic E-state index is 12.5. The number of carbonyl (C=O) groups excluding carboxylic acids is 1. The Morgan fingerprint density at radius 1 is 1.14 bits per heavy atom. The number of nitrogens with one attached hydrogen (secondary N) is 1. The van der Waals surface area contributed by atoms with Crippen molar-refractivity contribution in [2.45, 2.75) is 19.8 Å². The first-order valence-electron chi connectivity index (χ1n) is 9.49. The minimum Gasteiger partial charge on any atom is -0.333 e. The number of imidazole rings is 1. The molecule has 146 valence electrons. The number of rotatable bonds is 6. The lowest BCUT2D eigenvalue weighted by molar-refractivity contribution is -0.116. The van der Waals surface area contributed by atoms with Crippen LogP contribution in [0.5, 0.6) is 0 Å². The Hall–Kier alpha value is -3.25. The summed E-state index contributed by atoms with van der Waals surface area (Å²) in [5.41, 5.74) is 4.20. The molecule has 0 saturated heterocycles. The van der Waals surface area contributed by atoms with Gasteiger partial charge in [-0.25, -0.2) is 9.97 Å². The van der Waals surface area contributed by atoms with Gasteiger partial charge in [0.2, 0.25) is 5.91 Å². The maximum Gasteiger partial charge on any atom is 0.226 e. The number of hydrogen-bond donors (Lipinski definition) is 1. The fourth-order valence-electron chi connectivity index (χ4n) is 3.21. The molecule has 5 nitrogen and oxygen atoms in total. The van der Waals surface area contributed by atoms with E-state index in [4.69, 9.17) is 4.98 Å². The molecule has 1 amide bonds. The van der Waals surface area contributed by atoms with Gasteiger partial charge in [0.05, 0.1) is 10.6 Å². The van der Waals surface area contributed by atoms with Crippen molar-refractivity contribution in [3.8, 4) is 22.0 Å². The van der Waals surface area contributed by atoms with Gasteiger partial charge in [0, 0.05) is 31.4 Å². The van der Waals surface area contributed by atoms with Crippen LogP contribution in [-0.4, -0.2) is 20.4 Å². The first kappa shape index (κ1) is 19.1. The van der Waals surface area contributed by atoms with Crippen LogP contribution < -0.4 is 5.32 Å². The fraction of sp³-hybridized carbons (Fsp3) is 0.174. The molecule has 4 aromatic rings. The molecule has 0 saturated carbocycles. The number of aromatic nitrogens is 3. The van der Waals surface area contributed by atoms with Gasteiger partial charge in [-0.05, 0) is 18.9 Å². The van der Waals surface area contributed by atoms with Crippen molar-refractivity contribution in [2.75, 3.05) is 5.32 Å².